The van der Waals surface area contributed by atoms with Crippen LogP contribution in [0.15, 0.2) is 0 Å². The molecule has 0 saturated heterocycles. The van der Waals surface area contributed by atoms with Crippen molar-refractivity contribution in [3.63, 3.8) is 0 Å². The maximum Gasteiger partial charge on any atom is 0.303 e. The zero-order chi connectivity index (χ0) is 17.4. The molecule has 5 heteroatoms. The second-order valence-electron chi connectivity index (χ2n) is 8.17. The molecule has 132 valence electrons. The Balaban J connectivity index is 2.22. The van der Waals surface area contributed by atoms with Crippen LogP contribution in [0, 0.1) is 11.3 Å². The molecule has 23 heavy (non-hydrogen) atoms. The molecule has 2 fully saturated rings. The Morgan fingerprint density at radius 1 is 1.00 bits per heavy atom. The summed E-state index contributed by atoms with van der Waals surface area (Å²) in [7, 11) is 0. The summed E-state index contributed by atoms with van der Waals surface area (Å²) >= 11 is 0. The standard InChI is InChI=1S/C18H30O5/c1-11(19)21-14-9-10-18(6)13(16(14)22-12(2)20)7-8-15(18)23-17(3,4)5/h13-16H,7-10H2,1-6H3/t13-,14-,15-,16+,18-/m0/s1. The number of esters is 2. The summed E-state index contributed by atoms with van der Waals surface area (Å²) in [6.45, 7) is 11.2. The van der Waals surface area contributed by atoms with E-state index in [0.717, 1.165) is 19.3 Å². The van der Waals surface area contributed by atoms with E-state index >= 15 is 0 Å². The van der Waals surface area contributed by atoms with Crippen LogP contribution in [0.3, 0.4) is 0 Å². The van der Waals surface area contributed by atoms with Crippen molar-refractivity contribution in [1.29, 1.82) is 0 Å². The summed E-state index contributed by atoms with van der Waals surface area (Å²) < 4.78 is 17.3. The molecule has 0 aliphatic heterocycles. The highest BCUT2D eigenvalue weighted by atomic mass is 16.6. The first-order valence-electron chi connectivity index (χ1n) is 8.55. The van der Waals surface area contributed by atoms with Crippen LogP contribution in [0.4, 0.5) is 0 Å². The van der Waals surface area contributed by atoms with Gasteiger partial charge in [-0.05, 0) is 46.5 Å². The van der Waals surface area contributed by atoms with Crippen LogP contribution in [0.2, 0.25) is 0 Å². The first-order chi connectivity index (χ1) is 10.5. The molecule has 0 aromatic heterocycles. The molecule has 2 saturated carbocycles. The van der Waals surface area contributed by atoms with E-state index in [1.54, 1.807) is 0 Å². The fourth-order valence-electron chi connectivity index (χ4n) is 4.30. The predicted octanol–water partition coefficient (Wildman–Crippen LogP) is 3.24. The van der Waals surface area contributed by atoms with Crippen LogP contribution >= 0.6 is 0 Å². The molecule has 0 heterocycles. The van der Waals surface area contributed by atoms with Gasteiger partial charge in [0, 0.05) is 25.2 Å². The third-order valence-corrected chi connectivity index (χ3v) is 5.17. The van der Waals surface area contributed by atoms with Gasteiger partial charge in [-0.15, -0.1) is 0 Å². The van der Waals surface area contributed by atoms with Gasteiger partial charge in [0.15, 0.2) is 0 Å². The van der Waals surface area contributed by atoms with Crippen molar-refractivity contribution in [2.75, 3.05) is 0 Å². The monoisotopic (exact) mass is 326 g/mol. The van der Waals surface area contributed by atoms with E-state index in [4.69, 9.17) is 14.2 Å². The Morgan fingerprint density at radius 3 is 2.13 bits per heavy atom. The van der Waals surface area contributed by atoms with Crippen molar-refractivity contribution >= 4 is 11.9 Å². The molecule has 0 aromatic rings. The molecule has 5 atom stereocenters. The van der Waals surface area contributed by atoms with E-state index in [0.29, 0.717) is 6.42 Å². The third kappa shape index (κ3) is 4.06. The molecule has 2 rings (SSSR count). The smallest absolute Gasteiger partial charge is 0.303 e. The molecule has 0 spiro atoms. The minimum Gasteiger partial charge on any atom is -0.459 e. The Labute approximate surface area is 139 Å². The van der Waals surface area contributed by atoms with Crippen molar-refractivity contribution in [3.8, 4) is 0 Å². The van der Waals surface area contributed by atoms with Crippen LogP contribution in [0.1, 0.15) is 67.2 Å². The summed E-state index contributed by atoms with van der Waals surface area (Å²) in [5.41, 5.74) is -0.254. The summed E-state index contributed by atoms with van der Waals surface area (Å²) in [6.07, 6.45) is 2.91. The largest absolute Gasteiger partial charge is 0.459 e. The lowest BCUT2D eigenvalue weighted by molar-refractivity contribution is -0.192. The lowest BCUT2D eigenvalue weighted by atomic mass is 9.66. The van der Waals surface area contributed by atoms with Crippen LogP contribution in [-0.4, -0.2) is 35.9 Å². The molecule has 0 aromatic carbocycles. The SMILES string of the molecule is CC(=O)O[C@H]1[C@@H](OC(C)=O)CC[C@]2(C)[C@@H](OC(C)(C)C)CC[C@@H]12. The Hall–Kier alpha value is -1.10. The minimum atomic E-state index is -0.372. The Bertz CT molecular complexity index is 467. The maximum atomic E-state index is 11.6. The van der Waals surface area contributed by atoms with E-state index in [2.05, 4.69) is 27.7 Å². The fourth-order valence-corrected chi connectivity index (χ4v) is 4.30. The van der Waals surface area contributed by atoms with Crippen LogP contribution in [0.5, 0.6) is 0 Å². The van der Waals surface area contributed by atoms with Gasteiger partial charge in [0.05, 0.1) is 11.7 Å². The highest BCUT2D eigenvalue weighted by Gasteiger charge is 2.57. The van der Waals surface area contributed by atoms with Crippen LogP contribution < -0.4 is 0 Å². The van der Waals surface area contributed by atoms with Gasteiger partial charge in [0.2, 0.25) is 0 Å². The summed E-state index contributed by atoms with van der Waals surface area (Å²) in [5, 5.41) is 0. The summed E-state index contributed by atoms with van der Waals surface area (Å²) in [6, 6.07) is 0. The number of ether oxygens (including phenoxy) is 3. The average molecular weight is 326 g/mol. The molecular weight excluding hydrogens is 296 g/mol. The van der Waals surface area contributed by atoms with E-state index < -0.39 is 0 Å². The van der Waals surface area contributed by atoms with Gasteiger partial charge in [-0.25, -0.2) is 0 Å². The van der Waals surface area contributed by atoms with Crippen LogP contribution in [0.25, 0.3) is 0 Å². The molecule has 0 N–H and O–H groups in total. The van der Waals surface area contributed by atoms with E-state index in [-0.39, 0.29) is 47.2 Å². The normalized spacial score (nSPS) is 37.1. The molecule has 0 radical (unpaired) electrons. The highest BCUT2D eigenvalue weighted by molar-refractivity contribution is 5.67. The molecule has 0 amide bonds. The average Bonchev–Trinajstić information content (AvgIpc) is 2.68. The van der Waals surface area contributed by atoms with Crippen molar-refractivity contribution in [2.24, 2.45) is 11.3 Å². The van der Waals surface area contributed by atoms with Crippen molar-refractivity contribution in [3.05, 3.63) is 0 Å². The number of hydrogen-bond donors (Lipinski definition) is 0. The zero-order valence-corrected chi connectivity index (χ0v) is 15.2. The minimum absolute atomic E-state index is 0.0515. The predicted molar refractivity (Wildman–Crippen MR) is 85.8 cm³/mol. The van der Waals surface area contributed by atoms with Gasteiger partial charge in [-0.1, -0.05) is 6.92 Å². The molecule has 2 aliphatic carbocycles. The van der Waals surface area contributed by atoms with Crippen molar-refractivity contribution < 1.29 is 23.8 Å². The lowest BCUT2D eigenvalue weighted by Crippen LogP contribution is -2.52. The highest BCUT2D eigenvalue weighted by Crippen LogP contribution is 2.55. The molecule has 0 bridgehead atoms. The van der Waals surface area contributed by atoms with E-state index in [1.807, 2.05) is 0 Å². The lowest BCUT2D eigenvalue weighted by Gasteiger charge is -2.47. The molecule has 5 nitrogen and oxygen atoms in total. The number of carbonyl (C=O) groups excluding carboxylic acids is 2. The topological polar surface area (TPSA) is 61.8 Å². The second-order valence-corrected chi connectivity index (χ2v) is 8.17. The molecule has 2 aliphatic rings. The first kappa shape index (κ1) is 18.2. The van der Waals surface area contributed by atoms with Crippen molar-refractivity contribution in [2.45, 2.75) is 91.1 Å². The quantitative estimate of drug-likeness (QED) is 0.745. The maximum absolute atomic E-state index is 11.6. The zero-order valence-electron chi connectivity index (χ0n) is 15.2. The molecular formula is C18H30O5. The summed E-state index contributed by atoms with van der Waals surface area (Å²) in [5.74, 6) is -0.482. The van der Waals surface area contributed by atoms with Gasteiger partial charge in [-0.2, -0.15) is 0 Å². The second kappa shape index (κ2) is 6.42. The van der Waals surface area contributed by atoms with Gasteiger partial charge in [-0.3, -0.25) is 9.59 Å². The molecule has 0 unspecified atom stereocenters. The number of carbonyl (C=O) groups is 2. The van der Waals surface area contributed by atoms with Gasteiger partial charge >= 0.3 is 11.9 Å². The Kier molecular flexibility index (Phi) is 5.09. The number of rotatable bonds is 3. The van der Waals surface area contributed by atoms with E-state index in [9.17, 15) is 9.59 Å². The fraction of sp³-hybridized carbons (Fsp3) is 0.889. The Morgan fingerprint density at radius 2 is 1.61 bits per heavy atom. The third-order valence-electron chi connectivity index (χ3n) is 5.17. The number of hydrogen-bond acceptors (Lipinski definition) is 5. The van der Waals surface area contributed by atoms with Gasteiger partial charge < -0.3 is 14.2 Å². The van der Waals surface area contributed by atoms with Crippen molar-refractivity contribution in [1.82, 2.24) is 0 Å². The van der Waals surface area contributed by atoms with Gasteiger partial charge in [0.1, 0.15) is 12.2 Å². The van der Waals surface area contributed by atoms with Crippen LogP contribution in [-0.2, 0) is 23.8 Å². The van der Waals surface area contributed by atoms with Gasteiger partial charge in [0.25, 0.3) is 0 Å². The summed E-state index contributed by atoms with van der Waals surface area (Å²) in [4.78, 5) is 22.9. The first-order valence-corrected chi connectivity index (χ1v) is 8.55. The number of fused-ring (bicyclic) bond motifs is 1. The van der Waals surface area contributed by atoms with E-state index in [1.165, 1.54) is 13.8 Å².